The summed E-state index contributed by atoms with van der Waals surface area (Å²) in [4.78, 5) is 12.9. The molecule has 21 heavy (non-hydrogen) atoms. The third kappa shape index (κ3) is 3.06. The highest BCUT2D eigenvalue weighted by Crippen LogP contribution is 2.29. The molecule has 0 saturated carbocycles. The fourth-order valence-corrected chi connectivity index (χ4v) is 3.00. The SMILES string of the molecule is Nc1ncnc(N2CCN(c3ccc(Cl)cc3)CC2)c1Br. The van der Waals surface area contributed by atoms with E-state index in [4.69, 9.17) is 17.3 Å². The Morgan fingerprint density at radius 1 is 1.00 bits per heavy atom. The van der Waals surface area contributed by atoms with Crippen molar-refractivity contribution in [3.8, 4) is 0 Å². The zero-order valence-electron chi connectivity index (χ0n) is 11.3. The second-order valence-corrected chi connectivity index (χ2v) is 6.08. The van der Waals surface area contributed by atoms with E-state index in [9.17, 15) is 0 Å². The van der Waals surface area contributed by atoms with Gasteiger partial charge in [-0.3, -0.25) is 0 Å². The number of benzene rings is 1. The Bertz CT molecular complexity index is 626. The summed E-state index contributed by atoms with van der Waals surface area (Å²) >= 11 is 9.39. The van der Waals surface area contributed by atoms with Crippen LogP contribution in [0.2, 0.25) is 5.02 Å². The topological polar surface area (TPSA) is 58.3 Å². The molecule has 0 bridgehead atoms. The Labute approximate surface area is 136 Å². The number of hydrogen-bond acceptors (Lipinski definition) is 5. The number of nitrogens with zero attached hydrogens (tertiary/aromatic N) is 4. The van der Waals surface area contributed by atoms with Crippen molar-refractivity contribution >= 4 is 44.9 Å². The van der Waals surface area contributed by atoms with Gasteiger partial charge in [0.1, 0.15) is 22.4 Å². The molecule has 0 spiro atoms. The third-order valence-electron chi connectivity index (χ3n) is 3.57. The largest absolute Gasteiger partial charge is 0.383 e. The quantitative estimate of drug-likeness (QED) is 0.883. The second-order valence-electron chi connectivity index (χ2n) is 4.85. The van der Waals surface area contributed by atoms with E-state index in [1.165, 1.54) is 12.0 Å². The number of hydrogen-bond donors (Lipinski definition) is 1. The molecule has 110 valence electrons. The van der Waals surface area contributed by atoms with Crippen LogP contribution in [0.4, 0.5) is 17.3 Å². The Morgan fingerprint density at radius 3 is 2.29 bits per heavy atom. The molecule has 0 atom stereocenters. The lowest BCUT2D eigenvalue weighted by atomic mass is 10.2. The molecule has 2 aromatic rings. The van der Waals surface area contributed by atoms with Crippen LogP contribution in [-0.2, 0) is 0 Å². The van der Waals surface area contributed by atoms with Gasteiger partial charge in [0.25, 0.3) is 0 Å². The van der Waals surface area contributed by atoms with Crippen molar-refractivity contribution in [2.24, 2.45) is 0 Å². The minimum atomic E-state index is 0.472. The Morgan fingerprint density at radius 2 is 1.62 bits per heavy atom. The molecule has 1 aliphatic heterocycles. The molecule has 5 nitrogen and oxygen atoms in total. The van der Waals surface area contributed by atoms with Crippen LogP contribution in [0.3, 0.4) is 0 Å². The van der Waals surface area contributed by atoms with Crippen molar-refractivity contribution in [1.29, 1.82) is 0 Å². The normalized spacial score (nSPS) is 15.3. The molecule has 2 N–H and O–H groups in total. The molecule has 1 saturated heterocycles. The Balaban J connectivity index is 1.70. The molecule has 1 fully saturated rings. The van der Waals surface area contributed by atoms with Gasteiger partial charge in [-0.2, -0.15) is 0 Å². The fourth-order valence-electron chi connectivity index (χ4n) is 2.42. The Hall–Kier alpha value is -1.53. The van der Waals surface area contributed by atoms with Crippen molar-refractivity contribution in [3.05, 3.63) is 40.1 Å². The summed E-state index contributed by atoms with van der Waals surface area (Å²) in [6, 6.07) is 7.95. The van der Waals surface area contributed by atoms with Crippen LogP contribution in [-0.4, -0.2) is 36.1 Å². The maximum absolute atomic E-state index is 5.93. The first-order chi connectivity index (χ1) is 10.1. The van der Waals surface area contributed by atoms with E-state index in [2.05, 4.69) is 47.8 Å². The van der Waals surface area contributed by atoms with Crippen molar-refractivity contribution in [3.63, 3.8) is 0 Å². The highest BCUT2D eigenvalue weighted by Gasteiger charge is 2.21. The molecular weight excluding hydrogens is 354 g/mol. The number of piperazine rings is 1. The van der Waals surface area contributed by atoms with E-state index in [1.54, 1.807) is 0 Å². The molecule has 1 aromatic carbocycles. The molecule has 0 aliphatic carbocycles. The van der Waals surface area contributed by atoms with E-state index in [1.807, 2.05) is 12.1 Å². The van der Waals surface area contributed by atoms with Crippen molar-refractivity contribution < 1.29 is 0 Å². The molecule has 1 aromatic heterocycles. The minimum absolute atomic E-state index is 0.472. The summed E-state index contributed by atoms with van der Waals surface area (Å²) in [7, 11) is 0. The molecule has 3 rings (SSSR count). The lowest BCUT2D eigenvalue weighted by Gasteiger charge is -2.37. The first kappa shape index (κ1) is 14.4. The van der Waals surface area contributed by atoms with Gasteiger partial charge < -0.3 is 15.5 Å². The summed E-state index contributed by atoms with van der Waals surface area (Å²) in [6.45, 7) is 3.63. The van der Waals surface area contributed by atoms with Crippen LogP contribution in [0, 0.1) is 0 Å². The summed E-state index contributed by atoms with van der Waals surface area (Å²) in [5.74, 6) is 1.33. The highest BCUT2D eigenvalue weighted by molar-refractivity contribution is 9.10. The maximum atomic E-state index is 5.93. The smallest absolute Gasteiger partial charge is 0.148 e. The van der Waals surface area contributed by atoms with E-state index >= 15 is 0 Å². The van der Waals surface area contributed by atoms with Crippen LogP contribution in [0.1, 0.15) is 0 Å². The van der Waals surface area contributed by atoms with Crippen molar-refractivity contribution in [2.75, 3.05) is 41.7 Å². The highest BCUT2D eigenvalue weighted by atomic mass is 79.9. The average Bonchev–Trinajstić information content (AvgIpc) is 2.51. The van der Waals surface area contributed by atoms with E-state index in [0.717, 1.165) is 41.5 Å². The maximum Gasteiger partial charge on any atom is 0.148 e. The standard InChI is InChI=1S/C14H15BrClN5/c15-12-13(17)18-9-19-14(12)21-7-5-20(6-8-21)11-3-1-10(16)2-4-11/h1-4,9H,5-8H2,(H2,17,18,19). The lowest BCUT2D eigenvalue weighted by Crippen LogP contribution is -2.47. The lowest BCUT2D eigenvalue weighted by molar-refractivity contribution is 0.646. The first-order valence-electron chi connectivity index (χ1n) is 6.66. The van der Waals surface area contributed by atoms with Crippen molar-refractivity contribution in [1.82, 2.24) is 9.97 Å². The van der Waals surface area contributed by atoms with E-state index in [-0.39, 0.29) is 0 Å². The van der Waals surface area contributed by atoms with Crippen LogP contribution < -0.4 is 15.5 Å². The van der Waals surface area contributed by atoms with Crippen molar-refractivity contribution in [2.45, 2.75) is 0 Å². The average molecular weight is 369 g/mol. The molecule has 0 amide bonds. The number of aromatic nitrogens is 2. The summed E-state index contributed by atoms with van der Waals surface area (Å²) < 4.78 is 0.768. The number of rotatable bonds is 2. The molecule has 1 aliphatic rings. The summed E-state index contributed by atoms with van der Waals surface area (Å²) in [5.41, 5.74) is 7.01. The zero-order chi connectivity index (χ0) is 14.8. The van der Waals surface area contributed by atoms with Gasteiger partial charge >= 0.3 is 0 Å². The zero-order valence-corrected chi connectivity index (χ0v) is 13.7. The van der Waals surface area contributed by atoms with Gasteiger partial charge in [0.05, 0.1) is 0 Å². The number of anilines is 3. The van der Waals surface area contributed by atoms with Crippen LogP contribution in [0.5, 0.6) is 0 Å². The number of nitrogen functional groups attached to an aromatic ring is 1. The molecule has 7 heteroatoms. The second kappa shape index (κ2) is 6.07. The predicted molar refractivity (Wildman–Crippen MR) is 90.0 cm³/mol. The van der Waals surface area contributed by atoms with Gasteiger partial charge in [-0.05, 0) is 40.2 Å². The van der Waals surface area contributed by atoms with Gasteiger partial charge in [-0.1, -0.05) is 11.6 Å². The van der Waals surface area contributed by atoms with Gasteiger partial charge in [-0.15, -0.1) is 0 Å². The monoisotopic (exact) mass is 367 g/mol. The van der Waals surface area contributed by atoms with Gasteiger partial charge in [-0.25, -0.2) is 9.97 Å². The van der Waals surface area contributed by atoms with Crippen LogP contribution in [0.25, 0.3) is 0 Å². The third-order valence-corrected chi connectivity index (χ3v) is 4.58. The minimum Gasteiger partial charge on any atom is -0.383 e. The number of halogens is 2. The van der Waals surface area contributed by atoms with Gasteiger partial charge in [0.15, 0.2) is 0 Å². The Kier molecular flexibility index (Phi) is 4.17. The van der Waals surface area contributed by atoms with Crippen LogP contribution in [0.15, 0.2) is 35.1 Å². The first-order valence-corrected chi connectivity index (χ1v) is 7.83. The van der Waals surface area contributed by atoms with E-state index in [0.29, 0.717) is 5.82 Å². The molecular formula is C14H15BrClN5. The van der Waals surface area contributed by atoms with E-state index < -0.39 is 0 Å². The summed E-state index contributed by atoms with van der Waals surface area (Å²) in [6.07, 6.45) is 1.50. The van der Waals surface area contributed by atoms with Crippen LogP contribution >= 0.6 is 27.5 Å². The van der Waals surface area contributed by atoms with Gasteiger partial charge in [0.2, 0.25) is 0 Å². The molecule has 0 radical (unpaired) electrons. The number of nitrogens with two attached hydrogens (primary N) is 1. The predicted octanol–water partition coefficient (Wildman–Crippen LogP) is 2.80. The fraction of sp³-hybridized carbons (Fsp3) is 0.286. The summed E-state index contributed by atoms with van der Waals surface area (Å²) in [5, 5.41) is 0.762. The molecule has 2 heterocycles. The molecule has 0 unspecified atom stereocenters. The van der Waals surface area contributed by atoms with Gasteiger partial charge in [0, 0.05) is 36.9 Å².